The van der Waals surface area contributed by atoms with Crippen LogP contribution in [-0.4, -0.2) is 30.9 Å². The molecule has 29 heavy (non-hydrogen) atoms. The number of benzene rings is 2. The van der Waals surface area contributed by atoms with Crippen LogP contribution in [0.2, 0.25) is 0 Å². The van der Waals surface area contributed by atoms with Crippen molar-refractivity contribution in [3.8, 4) is 27.8 Å². The second-order valence-electron chi connectivity index (χ2n) is 5.96. The normalized spacial score (nSPS) is 12.4. The molecule has 0 bridgehead atoms. The van der Waals surface area contributed by atoms with Gasteiger partial charge in [0.15, 0.2) is 11.5 Å². The van der Waals surface area contributed by atoms with E-state index in [0.717, 1.165) is 20.4 Å². The fraction of sp³-hybridized carbons (Fsp3) is 0.0588. The summed E-state index contributed by atoms with van der Waals surface area (Å²) in [5, 5.41) is 15.5. The molecular formula is C17H9N5O6S. The number of hydrogen-bond acceptors (Lipinski definition) is 9. The molecule has 0 aliphatic carbocycles. The Bertz CT molecular complexity index is 1400. The first-order chi connectivity index (χ1) is 14.0. The maximum atomic E-state index is 12.9. The summed E-state index contributed by atoms with van der Waals surface area (Å²) in [6, 6.07) is 10.2. The van der Waals surface area contributed by atoms with Crippen LogP contribution >= 0.6 is 11.3 Å². The van der Waals surface area contributed by atoms with Gasteiger partial charge in [-0.1, -0.05) is 11.3 Å². The Balaban J connectivity index is 1.64. The molecule has 0 saturated carbocycles. The Morgan fingerprint density at radius 3 is 2.59 bits per heavy atom. The van der Waals surface area contributed by atoms with Gasteiger partial charge in [-0.05, 0) is 30.3 Å². The highest BCUT2D eigenvalue weighted by molar-refractivity contribution is 7.19. The van der Waals surface area contributed by atoms with Crippen LogP contribution < -0.4 is 20.9 Å². The molecule has 4 aromatic rings. The SMILES string of the molecule is O=c1nc2sc(-c3ccc4c(c3)OCO4)nn2c(=O)n1-c1ccc([N+](=O)[O-])cc1. The van der Waals surface area contributed by atoms with E-state index >= 15 is 0 Å². The number of nitrogens with zero attached hydrogens (tertiary/aromatic N) is 5. The van der Waals surface area contributed by atoms with Crippen molar-refractivity contribution in [3.05, 3.63) is 73.5 Å². The van der Waals surface area contributed by atoms with Crippen LogP contribution in [0.4, 0.5) is 5.69 Å². The average molecular weight is 411 g/mol. The maximum absolute atomic E-state index is 12.9. The Labute approximate surface area is 164 Å². The standard InChI is InChI=1S/C17H9N5O6S/c23-15-18-16-21(17(24)20(15)10-2-4-11(5-3-10)22(25)26)19-14(29-16)9-1-6-12-13(7-9)28-8-27-12/h1-7H,8H2. The Morgan fingerprint density at radius 1 is 1.07 bits per heavy atom. The molecule has 5 rings (SSSR count). The first-order valence-corrected chi connectivity index (χ1v) is 9.01. The van der Waals surface area contributed by atoms with Crippen molar-refractivity contribution in [2.24, 2.45) is 0 Å². The summed E-state index contributed by atoms with van der Waals surface area (Å²) in [5.74, 6) is 1.18. The van der Waals surface area contributed by atoms with E-state index in [1.807, 2.05) is 0 Å². The van der Waals surface area contributed by atoms with Crippen molar-refractivity contribution in [1.82, 2.24) is 19.2 Å². The Hall–Kier alpha value is -4.06. The highest BCUT2D eigenvalue weighted by Crippen LogP contribution is 2.36. The lowest BCUT2D eigenvalue weighted by Crippen LogP contribution is -2.37. The van der Waals surface area contributed by atoms with Crippen LogP contribution in [-0.2, 0) is 0 Å². The van der Waals surface area contributed by atoms with Gasteiger partial charge in [0, 0.05) is 17.7 Å². The van der Waals surface area contributed by atoms with Crippen LogP contribution in [0.3, 0.4) is 0 Å². The van der Waals surface area contributed by atoms with Crippen LogP contribution in [0.15, 0.2) is 52.1 Å². The third-order valence-electron chi connectivity index (χ3n) is 4.25. The molecule has 0 amide bonds. The van der Waals surface area contributed by atoms with Gasteiger partial charge in [0.05, 0.1) is 10.6 Å². The fourth-order valence-corrected chi connectivity index (χ4v) is 3.75. The Morgan fingerprint density at radius 2 is 1.83 bits per heavy atom. The summed E-state index contributed by atoms with van der Waals surface area (Å²) in [7, 11) is 0. The number of nitro groups is 1. The molecule has 2 aromatic heterocycles. The maximum Gasteiger partial charge on any atom is 0.360 e. The number of fused-ring (bicyclic) bond motifs is 2. The molecule has 3 heterocycles. The first-order valence-electron chi connectivity index (χ1n) is 8.19. The zero-order valence-corrected chi connectivity index (χ0v) is 15.2. The summed E-state index contributed by atoms with van der Waals surface area (Å²) < 4.78 is 12.5. The number of aromatic nitrogens is 4. The molecule has 11 nitrogen and oxygen atoms in total. The van der Waals surface area contributed by atoms with Gasteiger partial charge in [0.25, 0.3) is 5.69 Å². The molecule has 0 fully saturated rings. The lowest BCUT2D eigenvalue weighted by atomic mass is 10.2. The highest BCUT2D eigenvalue weighted by Gasteiger charge is 2.18. The topological polar surface area (TPSA) is 131 Å². The largest absolute Gasteiger partial charge is 0.454 e. The number of nitro benzene ring substituents is 1. The third kappa shape index (κ3) is 2.73. The predicted octanol–water partition coefficient (Wildman–Crippen LogP) is 1.61. The van der Waals surface area contributed by atoms with Gasteiger partial charge in [-0.25, -0.2) is 14.2 Å². The van der Waals surface area contributed by atoms with Crippen molar-refractivity contribution in [1.29, 1.82) is 0 Å². The zero-order chi connectivity index (χ0) is 20.1. The molecule has 0 saturated heterocycles. The summed E-state index contributed by atoms with van der Waals surface area (Å²) in [6.45, 7) is 0.133. The third-order valence-corrected chi connectivity index (χ3v) is 5.21. The lowest BCUT2D eigenvalue weighted by Gasteiger charge is -2.03. The molecule has 0 spiro atoms. The monoisotopic (exact) mass is 411 g/mol. The minimum absolute atomic E-state index is 0.130. The van der Waals surface area contributed by atoms with Crippen molar-refractivity contribution in [2.75, 3.05) is 6.79 Å². The summed E-state index contributed by atoms with van der Waals surface area (Å²) in [5.41, 5.74) is -0.847. The van der Waals surface area contributed by atoms with Gasteiger partial charge in [0.2, 0.25) is 11.8 Å². The summed E-state index contributed by atoms with van der Waals surface area (Å²) in [6.07, 6.45) is 0. The predicted molar refractivity (Wildman–Crippen MR) is 101 cm³/mol. The van der Waals surface area contributed by atoms with Gasteiger partial charge in [-0.2, -0.15) is 9.50 Å². The number of non-ortho nitro benzene ring substituents is 1. The minimum Gasteiger partial charge on any atom is -0.454 e. The molecule has 0 atom stereocenters. The van der Waals surface area contributed by atoms with Crippen molar-refractivity contribution in [3.63, 3.8) is 0 Å². The minimum atomic E-state index is -0.801. The van der Waals surface area contributed by atoms with E-state index in [2.05, 4.69) is 10.1 Å². The van der Waals surface area contributed by atoms with Crippen LogP contribution in [0.25, 0.3) is 21.2 Å². The highest BCUT2D eigenvalue weighted by atomic mass is 32.1. The van der Waals surface area contributed by atoms with Gasteiger partial charge in [-0.15, -0.1) is 5.10 Å². The molecule has 1 aliphatic heterocycles. The second-order valence-corrected chi connectivity index (χ2v) is 6.91. The van der Waals surface area contributed by atoms with Crippen molar-refractivity contribution < 1.29 is 14.4 Å². The van der Waals surface area contributed by atoms with E-state index in [1.54, 1.807) is 18.2 Å². The molecular weight excluding hydrogens is 402 g/mol. The summed E-state index contributed by atoms with van der Waals surface area (Å²) in [4.78, 5) is 39.6. The molecule has 144 valence electrons. The van der Waals surface area contributed by atoms with Crippen LogP contribution in [0.1, 0.15) is 0 Å². The smallest absolute Gasteiger partial charge is 0.360 e. The molecule has 2 aromatic carbocycles. The average Bonchev–Trinajstić information content (AvgIpc) is 3.34. The second kappa shape index (κ2) is 6.24. The Kier molecular flexibility index (Phi) is 3.67. The van der Waals surface area contributed by atoms with Crippen LogP contribution in [0.5, 0.6) is 11.5 Å². The number of hydrogen-bond donors (Lipinski definition) is 0. The zero-order valence-electron chi connectivity index (χ0n) is 14.3. The van der Waals surface area contributed by atoms with Gasteiger partial charge >= 0.3 is 11.4 Å². The van der Waals surface area contributed by atoms with E-state index in [4.69, 9.17) is 9.47 Å². The number of rotatable bonds is 3. The van der Waals surface area contributed by atoms with E-state index in [-0.39, 0.29) is 23.1 Å². The number of ether oxygens (including phenoxy) is 2. The molecule has 1 aliphatic rings. The summed E-state index contributed by atoms with van der Waals surface area (Å²) >= 11 is 1.08. The fourth-order valence-electron chi connectivity index (χ4n) is 2.88. The lowest BCUT2D eigenvalue weighted by molar-refractivity contribution is -0.384. The van der Waals surface area contributed by atoms with Gasteiger partial charge in [0.1, 0.15) is 5.01 Å². The molecule has 0 radical (unpaired) electrons. The van der Waals surface area contributed by atoms with E-state index in [0.29, 0.717) is 22.1 Å². The van der Waals surface area contributed by atoms with E-state index in [9.17, 15) is 19.7 Å². The molecule has 0 unspecified atom stereocenters. The van der Waals surface area contributed by atoms with E-state index in [1.165, 1.54) is 24.3 Å². The molecule has 12 heteroatoms. The van der Waals surface area contributed by atoms with Crippen molar-refractivity contribution in [2.45, 2.75) is 0 Å². The van der Waals surface area contributed by atoms with Gasteiger partial charge in [-0.3, -0.25) is 10.1 Å². The first kappa shape index (κ1) is 17.1. The van der Waals surface area contributed by atoms with E-state index < -0.39 is 16.3 Å². The molecule has 0 N–H and O–H groups in total. The van der Waals surface area contributed by atoms with Gasteiger partial charge < -0.3 is 9.47 Å². The van der Waals surface area contributed by atoms with Crippen LogP contribution in [0, 0.1) is 10.1 Å². The van der Waals surface area contributed by atoms with Crippen molar-refractivity contribution >= 4 is 22.0 Å². The quantitative estimate of drug-likeness (QED) is 0.367.